The predicted octanol–water partition coefficient (Wildman–Crippen LogP) is 1.28. The van der Waals surface area contributed by atoms with Crippen molar-refractivity contribution < 1.29 is 14.4 Å². The molecule has 0 unspecified atom stereocenters. The highest BCUT2D eigenvalue weighted by atomic mass is 32.1. The number of amides is 4. The summed E-state index contributed by atoms with van der Waals surface area (Å²) < 4.78 is 0. The molecule has 1 saturated heterocycles. The molecule has 1 saturated carbocycles. The standard InChI is InChI=1S/C14H14N4O3S/c1-14(9-2-3-9)12(20)18(13(21)17-14)7-10(19)16-11-8(6-15)4-5-22-11/h4-5,9H,2-3,7H2,1H3,(H,16,19)(H,17,21)/t14-/m0/s1. The summed E-state index contributed by atoms with van der Waals surface area (Å²) in [6.07, 6.45) is 1.81. The van der Waals surface area contributed by atoms with Crippen LogP contribution < -0.4 is 10.6 Å². The smallest absolute Gasteiger partial charge is 0.323 e. The summed E-state index contributed by atoms with van der Waals surface area (Å²) in [5.74, 6) is -0.705. The lowest BCUT2D eigenvalue weighted by atomic mass is 9.96. The number of nitriles is 1. The highest BCUT2D eigenvalue weighted by molar-refractivity contribution is 7.14. The molecule has 2 N–H and O–H groups in total. The second-order valence-corrected chi connectivity index (χ2v) is 6.54. The van der Waals surface area contributed by atoms with Gasteiger partial charge in [-0.25, -0.2) is 4.79 Å². The van der Waals surface area contributed by atoms with Crippen LogP contribution in [-0.2, 0) is 9.59 Å². The zero-order valence-corrected chi connectivity index (χ0v) is 12.7. The average molecular weight is 318 g/mol. The second kappa shape index (κ2) is 5.10. The SMILES string of the molecule is C[C@@]1(C2CC2)NC(=O)N(CC(=O)Nc2sccc2C#N)C1=O. The molecule has 1 aliphatic carbocycles. The fraction of sp³-hybridized carbons (Fsp3) is 0.429. The summed E-state index contributed by atoms with van der Waals surface area (Å²) in [5, 5.41) is 16.3. The fourth-order valence-corrected chi connectivity index (χ4v) is 3.35. The molecule has 8 heteroatoms. The number of nitrogens with one attached hydrogen (secondary N) is 2. The quantitative estimate of drug-likeness (QED) is 0.816. The Balaban J connectivity index is 1.68. The van der Waals surface area contributed by atoms with Crippen LogP contribution in [-0.4, -0.2) is 34.8 Å². The molecule has 22 heavy (non-hydrogen) atoms. The van der Waals surface area contributed by atoms with Crippen molar-refractivity contribution >= 4 is 34.2 Å². The highest BCUT2D eigenvalue weighted by Crippen LogP contribution is 2.42. The minimum absolute atomic E-state index is 0.152. The average Bonchev–Trinajstić information content (AvgIpc) is 3.21. The van der Waals surface area contributed by atoms with Gasteiger partial charge in [-0.05, 0) is 37.1 Å². The minimum atomic E-state index is -0.891. The molecule has 1 aliphatic heterocycles. The normalized spacial score (nSPS) is 24.1. The van der Waals surface area contributed by atoms with Crippen molar-refractivity contribution in [3.63, 3.8) is 0 Å². The topological polar surface area (TPSA) is 102 Å². The van der Waals surface area contributed by atoms with Crippen LogP contribution in [0.2, 0.25) is 0 Å². The molecule has 1 aromatic rings. The van der Waals surface area contributed by atoms with E-state index in [0.29, 0.717) is 10.6 Å². The number of imide groups is 1. The van der Waals surface area contributed by atoms with Gasteiger partial charge in [0, 0.05) is 0 Å². The van der Waals surface area contributed by atoms with Gasteiger partial charge in [0.1, 0.15) is 23.2 Å². The molecular formula is C14H14N4O3S. The summed E-state index contributed by atoms with van der Waals surface area (Å²) in [6.45, 7) is 1.35. The molecule has 4 amide bonds. The van der Waals surface area contributed by atoms with Crippen LogP contribution in [0.3, 0.4) is 0 Å². The van der Waals surface area contributed by atoms with Gasteiger partial charge in [-0.3, -0.25) is 14.5 Å². The summed E-state index contributed by atoms with van der Waals surface area (Å²) in [5.41, 5.74) is -0.531. The molecule has 114 valence electrons. The maximum atomic E-state index is 12.4. The Morgan fingerprint density at radius 1 is 1.59 bits per heavy atom. The summed E-state index contributed by atoms with van der Waals surface area (Å²) in [7, 11) is 0. The summed E-state index contributed by atoms with van der Waals surface area (Å²) in [6, 6.07) is 3.02. The van der Waals surface area contributed by atoms with Crippen molar-refractivity contribution in [1.29, 1.82) is 5.26 Å². The first-order valence-corrected chi connectivity index (χ1v) is 7.75. The molecular weight excluding hydrogens is 304 g/mol. The van der Waals surface area contributed by atoms with Gasteiger partial charge in [-0.1, -0.05) is 0 Å². The maximum Gasteiger partial charge on any atom is 0.325 e. The van der Waals surface area contributed by atoms with E-state index in [9.17, 15) is 14.4 Å². The molecule has 0 aromatic carbocycles. The van der Waals surface area contributed by atoms with Crippen LogP contribution >= 0.6 is 11.3 Å². The molecule has 0 radical (unpaired) electrons. The van der Waals surface area contributed by atoms with Gasteiger partial charge in [0.25, 0.3) is 5.91 Å². The Morgan fingerprint density at radius 3 is 2.95 bits per heavy atom. The number of rotatable bonds is 4. The zero-order valence-electron chi connectivity index (χ0n) is 11.9. The van der Waals surface area contributed by atoms with Crippen molar-refractivity contribution in [2.45, 2.75) is 25.3 Å². The van der Waals surface area contributed by atoms with Crippen LogP contribution in [0, 0.1) is 17.2 Å². The van der Waals surface area contributed by atoms with E-state index in [4.69, 9.17) is 5.26 Å². The van der Waals surface area contributed by atoms with Gasteiger partial charge in [-0.15, -0.1) is 11.3 Å². The third-order valence-electron chi connectivity index (χ3n) is 4.04. The van der Waals surface area contributed by atoms with Crippen LogP contribution in [0.5, 0.6) is 0 Å². The Morgan fingerprint density at radius 2 is 2.32 bits per heavy atom. The van der Waals surface area contributed by atoms with E-state index < -0.39 is 17.5 Å². The Bertz CT molecular complexity index is 703. The lowest BCUT2D eigenvalue weighted by Crippen LogP contribution is -2.46. The van der Waals surface area contributed by atoms with Crippen molar-refractivity contribution in [2.75, 3.05) is 11.9 Å². The van der Waals surface area contributed by atoms with Crippen LogP contribution in [0.4, 0.5) is 9.80 Å². The number of carbonyl (C=O) groups excluding carboxylic acids is 3. The number of nitrogens with zero attached hydrogens (tertiary/aromatic N) is 2. The number of hydrogen-bond donors (Lipinski definition) is 2. The van der Waals surface area contributed by atoms with E-state index in [1.54, 1.807) is 18.4 Å². The van der Waals surface area contributed by atoms with E-state index >= 15 is 0 Å². The van der Waals surface area contributed by atoms with E-state index in [1.807, 2.05) is 6.07 Å². The molecule has 2 heterocycles. The summed E-state index contributed by atoms with van der Waals surface area (Å²) in [4.78, 5) is 37.3. The van der Waals surface area contributed by atoms with Gasteiger partial charge in [0.15, 0.2) is 0 Å². The van der Waals surface area contributed by atoms with Crippen molar-refractivity contribution in [1.82, 2.24) is 10.2 Å². The molecule has 0 spiro atoms. The van der Waals surface area contributed by atoms with E-state index in [2.05, 4.69) is 10.6 Å². The highest BCUT2D eigenvalue weighted by Gasteiger charge is 2.56. The van der Waals surface area contributed by atoms with Gasteiger partial charge in [0.2, 0.25) is 5.91 Å². The molecule has 0 bridgehead atoms. The largest absolute Gasteiger partial charge is 0.325 e. The van der Waals surface area contributed by atoms with Crippen molar-refractivity contribution in [3.05, 3.63) is 17.0 Å². The summed E-state index contributed by atoms with van der Waals surface area (Å²) >= 11 is 1.22. The number of anilines is 1. The van der Waals surface area contributed by atoms with Crippen molar-refractivity contribution in [3.8, 4) is 6.07 Å². The van der Waals surface area contributed by atoms with Crippen LogP contribution in [0.1, 0.15) is 25.3 Å². The lowest BCUT2D eigenvalue weighted by Gasteiger charge is -2.20. The monoisotopic (exact) mass is 318 g/mol. The molecule has 1 atom stereocenters. The first-order chi connectivity index (χ1) is 10.5. The lowest BCUT2D eigenvalue weighted by molar-refractivity contribution is -0.134. The Labute approximate surface area is 130 Å². The van der Waals surface area contributed by atoms with Gasteiger partial charge in [0.05, 0.1) is 5.56 Å². The number of thiophene rings is 1. The van der Waals surface area contributed by atoms with Crippen LogP contribution in [0.25, 0.3) is 0 Å². The predicted molar refractivity (Wildman–Crippen MR) is 79.0 cm³/mol. The Kier molecular flexibility index (Phi) is 3.37. The van der Waals surface area contributed by atoms with E-state index in [1.165, 1.54) is 11.3 Å². The number of carbonyl (C=O) groups is 3. The van der Waals surface area contributed by atoms with E-state index in [0.717, 1.165) is 17.7 Å². The van der Waals surface area contributed by atoms with Crippen molar-refractivity contribution in [2.24, 2.45) is 5.92 Å². The minimum Gasteiger partial charge on any atom is -0.323 e. The number of urea groups is 1. The molecule has 7 nitrogen and oxygen atoms in total. The molecule has 2 aliphatic rings. The molecule has 2 fully saturated rings. The third-order valence-corrected chi connectivity index (χ3v) is 4.87. The second-order valence-electron chi connectivity index (χ2n) is 5.62. The van der Waals surface area contributed by atoms with Gasteiger partial charge < -0.3 is 10.6 Å². The van der Waals surface area contributed by atoms with Gasteiger partial charge in [-0.2, -0.15) is 5.26 Å². The third kappa shape index (κ3) is 2.33. The molecule has 3 rings (SSSR count). The van der Waals surface area contributed by atoms with Gasteiger partial charge >= 0.3 is 6.03 Å². The number of hydrogen-bond acceptors (Lipinski definition) is 5. The van der Waals surface area contributed by atoms with E-state index in [-0.39, 0.29) is 18.4 Å². The first kappa shape index (κ1) is 14.5. The molecule has 1 aromatic heterocycles. The Hall–Kier alpha value is -2.40. The van der Waals surface area contributed by atoms with Crippen LogP contribution in [0.15, 0.2) is 11.4 Å². The zero-order chi connectivity index (χ0) is 15.9. The fourth-order valence-electron chi connectivity index (χ4n) is 2.60. The maximum absolute atomic E-state index is 12.4. The first-order valence-electron chi connectivity index (χ1n) is 6.87.